The minimum absolute atomic E-state index is 0.550. The Morgan fingerprint density at radius 1 is 1.06 bits per heavy atom. The molecule has 3 rings (SSSR count). The SMILES string of the molecule is ClCc1ccc(OCC2Cc3ccccc32)cc1. The Bertz CT molecular complexity index is 533. The summed E-state index contributed by atoms with van der Waals surface area (Å²) in [5, 5.41) is 0. The highest BCUT2D eigenvalue weighted by atomic mass is 35.5. The molecule has 1 aliphatic rings. The Morgan fingerprint density at radius 3 is 2.56 bits per heavy atom. The monoisotopic (exact) mass is 258 g/mol. The fraction of sp³-hybridized carbons (Fsp3) is 0.250. The smallest absolute Gasteiger partial charge is 0.119 e. The number of fused-ring (bicyclic) bond motifs is 1. The number of hydrogen-bond acceptors (Lipinski definition) is 1. The molecule has 0 heterocycles. The van der Waals surface area contributed by atoms with E-state index in [4.69, 9.17) is 16.3 Å². The Hall–Kier alpha value is -1.47. The van der Waals surface area contributed by atoms with Crippen molar-refractivity contribution in [2.45, 2.75) is 18.2 Å². The van der Waals surface area contributed by atoms with Crippen LogP contribution in [-0.4, -0.2) is 6.61 Å². The molecule has 0 aromatic heterocycles. The maximum Gasteiger partial charge on any atom is 0.119 e. The Morgan fingerprint density at radius 2 is 1.83 bits per heavy atom. The van der Waals surface area contributed by atoms with Gasteiger partial charge in [-0.2, -0.15) is 0 Å². The van der Waals surface area contributed by atoms with Crippen molar-refractivity contribution in [1.29, 1.82) is 0 Å². The molecule has 0 spiro atoms. The molecular weight excluding hydrogens is 244 g/mol. The molecule has 1 nitrogen and oxygen atoms in total. The highest BCUT2D eigenvalue weighted by molar-refractivity contribution is 6.17. The summed E-state index contributed by atoms with van der Waals surface area (Å²) in [6, 6.07) is 16.6. The van der Waals surface area contributed by atoms with Crippen LogP contribution in [0.3, 0.4) is 0 Å². The number of alkyl halides is 1. The summed E-state index contributed by atoms with van der Waals surface area (Å²) in [5.41, 5.74) is 4.02. The van der Waals surface area contributed by atoms with Gasteiger partial charge in [-0.1, -0.05) is 36.4 Å². The van der Waals surface area contributed by atoms with Gasteiger partial charge in [-0.05, 0) is 35.2 Å². The first-order valence-corrected chi connectivity index (χ1v) is 6.76. The Balaban J connectivity index is 1.59. The average Bonchev–Trinajstić information content (AvgIpc) is 2.40. The minimum atomic E-state index is 0.550. The van der Waals surface area contributed by atoms with Crippen molar-refractivity contribution in [1.82, 2.24) is 0 Å². The van der Waals surface area contributed by atoms with E-state index in [1.807, 2.05) is 24.3 Å². The van der Waals surface area contributed by atoms with Crippen LogP contribution in [-0.2, 0) is 12.3 Å². The van der Waals surface area contributed by atoms with Gasteiger partial charge in [0.25, 0.3) is 0 Å². The van der Waals surface area contributed by atoms with E-state index in [2.05, 4.69) is 24.3 Å². The van der Waals surface area contributed by atoms with Crippen molar-refractivity contribution in [3.05, 3.63) is 65.2 Å². The molecule has 92 valence electrons. The van der Waals surface area contributed by atoms with Crippen LogP contribution >= 0.6 is 11.6 Å². The molecule has 0 bridgehead atoms. The van der Waals surface area contributed by atoms with Gasteiger partial charge >= 0.3 is 0 Å². The molecule has 0 fully saturated rings. The molecule has 2 heteroatoms. The summed E-state index contributed by atoms with van der Waals surface area (Å²) in [7, 11) is 0. The topological polar surface area (TPSA) is 9.23 Å². The molecule has 0 N–H and O–H groups in total. The van der Waals surface area contributed by atoms with Crippen LogP contribution < -0.4 is 4.74 Å². The maximum absolute atomic E-state index is 5.82. The van der Waals surface area contributed by atoms with Crippen molar-refractivity contribution in [2.24, 2.45) is 0 Å². The van der Waals surface area contributed by atoms with Gasteiger partial charge in [0.15, 0.2) is 0 Å². The fourth-order valence-electron chi connectivity index (χ4n) is 2.38. The molecule has 0 radical (unpaired) electrons. The normalized spacial score (nSPS) is 16.8. The second-order valence-electron chi connectivity index (χ2n) is 4.69. The zero-order valence-electron chi connectivity index (χ0n) is 10.1. The van der Waals surface area contributed by atoms with Gasteiger partial charge in [0.2, 0.25) is 0 Å². The molecule has 2 aromatic rings. The number of rotatable bonds is 4. The lowest BCUT2D eigenvalue weighted by Crippen LogP contribution is -2.23. The van der Waals surface area contributed by atoms with Gasteiger partial charge in [0, 0.05) is 11.8 Å². The Labute approximate surface area is 112 Å². The molecule has 1 atom stereocenters. The molecule has 0 amide bonds. The third-order valence-corrected chi connectivity index (χ3v) is 3.80. The molecular formula is C16H15ClO. The van der Waals surface area contributed by atoms with E-state index in [0.717, 1.165) is 24.3 Å². The van der Waals surface area contributed by atoms with Crippen molar-refractivity contribution < 1.29 is 4.74 Å². The van der Waals surface area contributed by atoms with Crippen molar-refractivity contribution in [3.63, 3.8) is 0 Å². The molecule has 1 unspecified atom stereocenters. The number of ether oxygens (including phenoxy) is 1. The van der Waals surface area contributed by atoms with Crippen LogP contribution in [0.15, 0.2) is 48.5 Å². The largest absolute Gasteiger partial charge is 0.493 e. The van der Waals surface area contributed by atoms with Crippen molar-refractivity contribution in [3.8, 4) is 5.75 Å². The molecule has 18 heavy (non-hydrogen) atoms. The minimum Gasteiger partial charge on any atom is -0.493 e. The lowest BCUT2D eigenvalue weighted by molar-refractivity contribution is 0.275. The van der Waals surface area contributed by atoms with E-state index < -0.39 is 0 Å². The first-order chi connectivity index (χ1) is 8.86. The van der Waals surface area contributed by atoms with E-state index in [1.54, 1.807) is 0 Å². The lowest BCUT2D eigenvalue weighted by Gasteiger charge is -2.29. The summed E-state index contributed by atoms with van der Waals surface area (Å²) in [6.45, 7) is 0.761. The zero-order valence-corrected chi connectivity index (χ0v) is 10.9. The first kappa shape index (κ1) is 11.6. The number of benzene rings is 2. The molecule has 2 aromatic carbocycles. The van der Waals surface area contributed by atoms with Gasteiger partial charge in [0.1, 0.15) is 5.75 Å². The first-order valence-electron chi connectivity index (χ1n) is 6.22. The Kier molecular flexibility index (Phi) is 3.24. The lowest BCUT2D eigenvalue weighted by atomic mass is 9.78. The number of halogens is 1. The standard InChI is InChI=1S/C16H15ClO/c17-10-12-5-7-15(8-6-12)18-11-14-9-13-3-1-2-4-16(13)14/h1-8,14H,9-11H2. The summed E-state index contributed by atoms with van der Waals surface area (Å²) in [6.07, 6.45) is 1.13. The molecule has 0 aliphatic heterocycles. The summed E-state index contributed by atoms with van der Waals surface area (Å²) in [5.74, 6) is 2.03. The summed E-state index contributed by atoms with van der Waals surface area (Å²) < 4.78 is 5.82. The fourth-order valence-corrected chi connectivity index (χ4v) is 2.56. The second-order valence-corrected chi connectivity index (χ2v) is 4.96. The van der Waals surface area contributed by atoms with Crippen molar-refractivity contribution >= 4 is 11.6 Å². The quantitative estimate of drug-likeness (QED) is 0.749. The van der Waals surface area contributed by atoms with Gasteiger partial charge in [-0.15, -0.1) is 11.6 Å². The van der Waals surface area contributed by atoms with Gasteiger partial charge in [0.05, 0.1) is 6.61 Å². The van der Waals surface area contributed by atoms with E-state index in [-0.39, 0.29) is 0 Å². The van der Waals surface area contributed by atoms with Gasteiger partial charge in [-0.25, -0.2) is 0 Å². The van der Waals surface area contributed by atoms with Crippen LogP contribution in [0.1, 0.15) is 22.6 Å². The third kappa shape index (κ3) is 2.23. The van der Waals surface area contributed by atoms with Crippen LogP contribution in [0.25, 0.3) is 0 Å². The van der Waals surface area contributed by atoms with E-state index >= 15 is 0 Å². The van der Waals surface area contributed by atoms with Crippen LogP contribution in [0, 0.1) is 0 Å². The molecule has 0 saturated heterocycles. The molecule has 0 saturated carbocycles. The maximum atomic E-state index is 5.82. The van der Waals surface area contributed by atoms with Gasteiger partial charge in [-0.3, -0.25) is 0 Å². The summed E-state index contributed by atoms with van der Waals surface area (Å²) in [4.78, 5) is 0. The summed E-state index contributed by atoms with van der Waals surface area (Å²) >= 11 is 5.75. The zero-order chi connectivity index (χ0) is 12.4. The van der Waals surface area contributed by atoms with E-state index in [0.29, 0.717) is 11.8 Å². The predicted octanol–water partition coefficient (Wildman–Crippen LogP) is 4.14. The van der Waals surface area contributed by atoms with Crippen LogP contribution in [0.4, 0.5) is 0 Å². The molecule has 1 aliphatic carbocycles. The van der Waals surface area contributed by atoms with E-state index in [1.165, 1.54) is 11.1 Å². The number of hydrogen-bond donors (Lipinski definition) is 0. The third-order valence-electron chi connectivity index (χ3n) is 3.49. The predicted molar refractivity (Wildman–Crippen MR) is 74.4 cm³/mol. The highest BCUT2D eigenvalue weighted by Gasteiger charge is 2.25. The average molecular weight is 259 g/mol. The van der Waals surface area contributed by atoms with Crippen LogP contribution in [0.2, 0.25) is 0 Å². The van der Waals surface area contributed by atoms with Crippen molar-refractivity contribution in [2.75, 3.05) is 6.61 Å². The highest BCUT2D eigenvalue weighted by Crippen LogP contribution is 2.35. The van der Waals surface area contributed by atoms with Crippen LogP contribution in [0.5, 0.6) is 5.75 Å². The second kappa shape index (κ2) is 5.03. The van der Waals surface area contributed by atoms with E-state index in [9.17, 15) is 0 Å². The van der Waals surface area contributed by atoms with Gasteiger partial charge < -0.3 is 4.74 Å².